The second-order valence-corrected chi connectivity index (χ2v) is 15.1. The van der Waals surface area contributed by atoms with Crippen molar-refractivity contribution in [2.45, 2.75) is 84.2 Å². The summed E-state index contributed by atoms with van der Waals surface area (Å²) in [6, 6.07) is 3.57. The number of hydrogen-bond acceptors (Lipinski definition) is 5. The number of ether oxygens (including phenoxy) is 2. The molecule has 7 heteroatoms. The molecule has 0 saturated carbocycles. The van der Waals surface area contributed by atoms with Crippen LogP contribution >= 0.6 is 0 Å². The molecule has 6 nitrogen and oxygen atoms in total. The first-order valence-electron chi connectivity index (χ1n) is 10.5. The van der Waals surface area contributed by atoms with Gasteiger partial charge < -0.3 is 23.6 Å². The predicted molar refractivity (Wildman–Crippen MR) is 121 cm³/mol. The number of amides is 1. The van der Waals surface area contributed by atoms with Crippen molar-refractivity contribution in [2.24, 2.45) is 0 Å². The summed E-state index contributed by atoms with van der Waals surface area (Å²) in [5.41, 5.74) is 1.40. The van der Waals surface area contributed by atoms with Gasteiger partial charge in [-0.3, -0.25) is 0 Å². The van der Waals surface area contributed by atoms with Crippen LogP contribution in [0.15, 0.2) is 12.1 Å². The summed E-state index contributed by atoms with van der Waals surface area (Å²) in [5, 5.41) is 0.0570. The maximum Gasteiger partial charge on any atom is 0.410 e. The van der Waals surface area contributed by atoms with Gasteiger partial charge in [0.05, 0.1) is 13.2 Å². The number of rotatable bonds is 5. The SMILES string of the molecule is COc1cc2c(cc1O[Si](C)(C)C(C)(C)C)CCN(C(=O)OC(C)(C)C)[C@H]2CC=O. The lowest BCUT2D eigenvalue weighted by atomic mass is 9.90. The fraction of sp³-hybridized carbons (Fsp3) is 0.652. The van der Waals surface area contributed by atoms with Crippen LogP contribution in [0.2, 0.25) is 18.1 Å². The minimum Gasteiger partial charge on any atom is -0.541 e. The molecule has 0 aliphatic carbocycles. The number of fused-ring (bicyclic) bond motifs is 1. The summed E-state index contributed by atoms with van der Waals surface area (Å²) in [6.07, 6.45) is 1.32. The second-order valence-electron chi connectivity index (χ2n) is 10.4. The second kappa shape index (κ2) is 8.61. The minimum atomic E-state index is -2.05. The van der Waals surface area contributed by atoms with Gasteiger partial charge in [-0.2, -0.15) is 0 Å². The molecule has 0 radical (unpaired) electrons. The normalized spacial score (nSPS) is 17.2. The van der Waals surface area contributed by atoms with E-state index in [1.165, 1.54) is 0 Å². The molecule has 1 aromatic carbocycles. The van der Waals surface area contributed by atoms with Gasteiger partial charge in [0.25, 0.3) is 8.32 Å². The molecule has 30 heavy (non-hydrogen) atoms. The van der Waals surface area contributed by atoms with Gasteiger partial charge in [0.15, 0.2) is 5.75 Å². The first-order valence-corrected chi connectivity index (χ1v) is 13.4. The number of carbonyl (C=O) groups excluding carboxylic acids is 2. The maximum absolute atomic E-state index is 12.8. The van der Waals surface area contributed by atoms with Gasteiger partial charge in [-0.25, -0.2) is 4.79 Å². The van der Waals surface area contributed by atoms with Gasteiger partial charge in [-0.1, -0.05) is 20.8 Å². The lowest BCUT2D eigenvalue weighted by Crippen LogP contribution is -2.44. The van der Waals surface area contributed by atoms with E-state index in [9.17, 15) is 9.59 Å². The lowest BCUT2D eigenvalue weighted by molar-refractivity contribution is -0.109. The van der Waals surface area contributed by atoms with Crippen LogP contribution in [0, 0.1) is 0 Å². The Bertz CT molecular complexity index is 792. The van der Waals surface area contributed by atoms with E-state index in [-0.39, 0.29) is 17.5 Å². The van der Waals surface area contributed by atoms with Crippen molar-refractivity contribution >= 4 is 20.7 Å². The zero-order valence-corrected chi connectivity index (χ0v) is 20.9. The third kappa shape index (κ3) is 5.36. The molecule has 1 aliphatic rings. The van der Waals surface area contributed by atoms with Gasteiger partial charge in [-0.15, -0.1) is 0 Å². The number of benzene rings is 1. The average molecular weight is 436 g/mol. The Hall–Kier alpha value is -2.02. The molecule has 0 spiro atoms. The molecule has 168 valence electrons. The number of aldehydes is 1. The summed E-state index contributed by atoms with van der Waals surface area (Å²) in [5.74, 6) is 1.36. The molecule has 0 aromatic heterocycles. The smallest absolute Gasteiger partial charge is 0.410 e. The van der Waals surface area contributed by atoms with E-state index < -0.39 is 20.0 Å². The number of carbonyl (C=O) groups is 2. The van der Waals surface area contributed by atoms with Gasteiger partial charge in [0, 0.05) is 13.0 Å². The maximum atomic E-state index is 12.8. The van der Waals surface area contributed by atoms with Gasteiger partial charge in [0.2, 0.25) is 0 Å². The van der Waals surface area contributed by atoms with Gasteiger partial charge in [0.1, 0.15) is 17.6 Å². The number of nitrogens with zero attached hydrogens (tertiary/aromatic N) is 1. The Labute approximate surface area is 182 Å². The van der Waals surface area contributed by atoms with E-state index in [4.69, 9.17) is 13.9 Å². The first kappa shape index (κ1) is 24.2. The van der Waals surface area contributed by atoms with Crippen LogP contribution in [0.5, 0.6) is 11.5 Å². The van der Waals surface area contributed by atoms with Crippen LogP contribution in [0.1, 0.15) is 65.1 Å². The molecule has 1 heterocycles. The summed E-state index contributed by atoms with van der Waals surface area (Å²) in [6.45, 7) is 17.0. The van der Waals surface area contributed by atoms with E-state index in [2.05, 4.69) is 33.9 Å². The van der Waals surface area contributed by atoms with Crippen molar-refractivity contribution in [3.63, 3.8) is 0 Å². The highest BCUT2D eigenvalue weighted by molar-refractivity contribution is 6.74. The third-order valence-corrected chi connectivity index (χ3v) is 10.2. The van der Waals surface area contributed by atoms with Crippen LogP contribution < -0.4 is 9.16 Å². The van der Waals surface area contributed by atoms with Crippen LogP contribution in [0.4, 0.5) is 4.79 Å². The van der Waals surface area contributed by atoms with E-state index in [1.54, 1.807) is 12.0 Å². The third-order valence-electron chi connectivity index (χ3n) is 5.90. The topological polar surface area (TPSA) is 65.1 Å². The van der Waals surface area contributed by atoms with E-state index >= 15 is 0 Å². The highest BCUT2D eigenvalue weighted by Crippen LogP contribution is 2.43. The average Bonchev–Trinajstić information content (AvgIpc) is 2.58. The predicted octanol–water partition coefficient (Wildman–Crippen LogP) is 5.50. The van der Waals surface area contributed by atoms with Gasteiger partial charge >= 0.3 is 6.09 Å². The largest absolute Gasteiger partial charge is 0.541 e. The van der Waals surface area contributed by atoms with E-state index in [0.717, 1.165) is 23.2 Å². The molecule has 1 amide bonds. The summed E-state index contributed by atoms with van der Waals surface area (Å²) in [7, 11) is -0.435. The van der Waals surface area contributed by atoms with Crippen molar-refractivity contribution in [2.75, 3.05) is 13.7 Å². The van der Waals surface area contributed by atoms with Crippen LogP contribution in [-0.4, -0.2) is 44.9 Å². The molecule has 2 rings (SSSR count). The van der Waals surface area contributed by atoms with Crippen molar-refractivity contribution < 1.29 is 23.5 Å². The molecule has 0 unspecified atom stereocenters. The highest BCUT2D eigenvalue weighted by atomic mass is 28.4. The van der Waals surface area contributed by atoms with Crippen molar-refractivity contribution in [3.8, 4) is 11.5 Å². The molecule has 1 atom stereocenters. The monoisotopic (exact) mass is 435 g/mol. The summed E-state index contributed by atoms with van der Waals surface area (Å²) < 4.78 is 17.7. The first-order chi connectivity index (χ1) is 13.7. The fourth-order valence-electron chi connectivity index (χ4n) is 3.26. The molecule has 0 N–H and O–H groups in total. The molecule has 1 aromatic rings. The molecule has 0 saturated heterocycles. The quantitative estimate of drug-likeness (QED) is 0.451. The lowest BCUT2D eigenvalue weighted by Gasteiger charge is -2.39. The Morgan fingerprint density at radius 2 is 1.80 bits per heavy atom. The van der Waals surface area contributed by atoms with Crippen LogP contribution in [0.3, 0.4) is 0 Å². The van der Waals surface area contributed by atoms with E-state index in [1.807, 2.05) is 32.9 Å². The van der Waals surface area contributed by atoms with Crippen molar-refractivity contribution in [1.29, 1.82) is 0 Å². The molecular formula is C23H37NO5Si. The highest BCUT2D eigenvalue weighted by Gasteiger charge is 2.40. The molecular weight excluding hydrogens is 398 g/mol. The van der Waals surface area contributed by atoms with Crippen molar-refractivity contribution in [1.82, 2.24) is 4.90 Å². The minimum absolute atomic E-state index is 0.0570. The summed E-state index contributed by atoms with van der Waals surface area (Å²) >= 11 is 0. The number of methoxy groups -OCH3 is 1. The Balaban J connectivity index is 2.45. The molecule has 1 aliphatic heterocycles. The molecule has 0 fully saturated rings. The number of hydrogen-bond donors (Lipinski definition) is 0. The summed E-state index contributed by atoms with van der Waals surface area (Å²) in [4.78, 5) is 25.8. The van der Waals surface area contributed by atoms with E-state index in [0.29, 0.717) is 18.7 Å². The Morgan fingerprint density at radius 1 is 1.17 bits per heavy atom. The van der Waals surface area contributed by atoms with Gasteiger partial charge in [-0.05, 0) is 68.6 Å². The standard InChI is InChI=1S/C23H37NO5Si/c1-22(2,3)28-21(26)24-12-10-16-14-20(29-30(8,9)23(4,5)6)19(27-7)15-17(16)18(24)11-13-25/h13-15,18H,10-12H2,1-9H3/t18-/m0/s1. The Kier molecular flexibility index (Phi) is 6.96. The van der Waals surface area contributed by atoms with Crippen molar-refractivity contribution in [3.05, 3.63) is 23.3 Å². The zero-order chi connectivity index (χ0) is 22.9. The van der Waals surface area contributed by atoms with Crippen LogP contribution in [-0.2, 0) is 16.0 Å². The Morgan fingerprint density at radius 3 is 2.30 bits per heavy atom. The zero-order valence-electron chi connectivity index (χ0n) is 19.9. The molecule has 0 bridgehead atoms. The van der Waals surface area contributed by atoms with Crippen LogP contribution in [0.25, 0.3) is 0 Å². The fourth-order valence-corrected chi connectivity index (χ4v) is 4.28.